The maximum absolute atomic E-state index is 15.2. The molecular formula is C78H95N13O42S5. The van der Waals surface area contributed by atoms with E-state index in [9.17, 15) is 157 Å². The van der Waals surface area contributed by atoms with E-state index in [4.69, 9.17) is 10.5 Å². The third-order valence-corrected chi connectivity index (χ3v) is 21.8. The van der Waals surface area contributed by atoms with Crippen LogP contribution in [0.5, 0.6) is 23.0 Å². The number of likely N-dealkylation sites (tertiary alicyclic amines) is 1. The minimum Gasteiger partial charge on any atom is -0.482 e. The third-order valence-electron chi connectivity index (χ3n) is 19.7. The quantitative estimate of drug-likeness (QED) is 0.00984. The van der Waals surface area contributed by atoms with Crippen molar-refractivity contribution in [2.75, 3.05) is 32.2 Å². The molecule has 5 aromatic rings. The summed E-state index contributed by atoms with van der Waals surface area (Å²) in [4.78, 5) is 235. The van der Waals surface area contributed by atoms with E-state index in [2.05, 4.69) is 68.2 Å². The Balaban J connectivity index is 1.33. The fourth-order valence-electron chi connectivity index (χ4n) is 13.0. The molecule has 5 aromatic carbocycles. The molecule has 754 valence electrons. The number of hydrogen-bond donors (Lipinski definition) is 20. The molecule has 21 N–H and O–H groups in total. The third kappa shape index (κ3) is 39.2. The van der Waals surface area contributed by atoms with E-state index >= 15 is 4.79 Å². The average Bonchev–Trinajstić information content (AvgIpc) is 1.73. The number of nitrogens with one attached hydrogen (secondary N) is 11. The number of rotatable bonds is 54. The van der Waals surface area contributed by atoms with Crippen molar-refractivity contribution in [1.82, 2.24) is 58.1 Å². The Bertz CT molecular complexity index is 5910. The lowest BCUT2D eigenvalue weighted by Crippen LogP contribution is -2.63. The molecule has 13 amide bonds. The van der Waals surface area contributed by atoms with Crippen molar-refractivity contribution < 1.29 is 192 Å². The van der Waals surface area contributed by atoms with Gasteiger partial charge in [0.1, 0.15) is 95.6 Å². The molecule has 1 aliphatic heterocycles. The average molecular weight is 2050 g/mol. The van der Waals surface area contributed by atoms with Crippen LogP contribution in [0.2, 0.25) is 0 Å². The van der Waals surface area contributed by atoms with Crippen LogP contribution >= 0.6 is 0 Å². The van der Waals surface area contributed by atoms with Gasteiger partial charge in [-0.15, -0.1) is 0 Å². The number of primary amides is 1. The Morgan fingerprint density at radius 2 is 0.848 bits per heavy atom. The summed E-state index contributed by atoms with van der Waals surface area (Å²) in [6.45, 7) is 0.666. The van der Waals surface area contributed by atoms with Crippen LogP contribution in [-0.2, 0) is 172 Å². The molecule has 0 aliphatic carbocycles. The van der Waals surface area contributed by atoms with Crippen LogP contribution in [-0.4, -0.2) is 285 Å². The van der Waals surface area contributed by atoms with Crippen molar-refractivity contribution in [2.24, 2.45) is 11.7 Å². The molecular weight excluding hydrogens is 1950 g/mol. The molecule has 1 fully saturated rings. The molecule has 0 radical (unpaired) electrons. The molecule has 138 heavy (non-hydrogen) atoms. The van der Waals surface area contributed by atoms with Crippen molar-refractivity contribution >= 4 is 158 Å². The zero-order valence-electron chi connectivity index (χ0n) is 72.6. The van der Waals surface area contributed by atoms with Crippen LogP contribution in [0, 0.1) is 5.92 Å². The first-order valence-corrected chi connectivity index (χ1v) is 47.2. The maximum atomic E-state index is 15.2. The molecule has 0 saturated carbocycles. The van der Waals surface area contributed by atoms with E-state index in [1.807, 2.05) is 5.32 Å². The number of amides is 13. The lowest BCUT2D eigenvalue weighted by molar-refractivity contribution is -0.159. The summed E-state index contributed by atoms with van der Waals surface area (Å²) in [5.41, 5.74) is 5.74. The molecule has 1 aliphatic rings. The van der Waals surface area contributed by atoms with Crippen LogP contribution in [0.1, 0.15) is 88.0 Å². The van der Waals surface area contributed by atoms with E-state index in [1.165, 1.54) is 38.1 Å². The fourth-order valence-corrected chi connectivity index (χ4v) is 14.8. The van der Waals surface area contributed by atoms with E-state index in [0.29, 0.717) is 18.9 Å². The van der Waals surface area contributed by atoms with Crippen molar-refractivity contribution in [3.63, 3.8) is 0 Å². The number of nitrogens with zero attached hydrogens (tertiary/aromatic N) is 1. The molecule has 0 aromatic heterocycles. The standard InChI is InChI=1S/C78H95N13O42S5/c1-5-40(2)64(89-71(103)56(37-63(96)97)85-66(98)51(33-43-17-23-46(24-18-43)131-136(118,119)120)80-61(93)39-128-59-16-10-9-14-49(59)81-67(99)53(32-42-12-7-6-8-13-42)86-73(105)58-15-11-31-91(58)76(108)78(111)127-4)74(106)87-55(36-60(79)92)69(101)83-52(34-44-19-25-47(26-20-44)132-137(121,122)123)68(100)84-54(35-45-21-27-48(28-22-45)133-138(124,125)126)70(102)90-65(41(3)130-135(115,116)117)75(107)88-57(38-129-134(112,113)114)72(104)82-50(77(109)110)29-30-62(94)95/h6-10,12-14,16-28,40-41,50-58,64-65H,5,11,15,29-39H2,1-4H3,(H2,79,92)(H,80,93)(H,81,99)(H,82,104)(H,83,101)(H,84,100)(H,85,98)(H,86,105)(H,87,106)(H,88,107)(H,89,103)(H,90,102)(H,94,95)(H,96,97)(H,109,110)(H,112,113,114)(H,115,116,117)(H,118,119,120)(H,121,122,123)(H,124,125,126)/t40-,41+,50-,51-,52-,53+,54-,55-,56-,57-,58-,64-,65-/m0/s1. The number of aliphatic carboxylic acids is 3. The molecule has 1 saturated heterocycles. The van der Waals surface area contributed by atoms with Gasteiger partial charge >= 0.3 is 81.8 Å². The Morgan fingerprint density at radius 3 is 1.30 bits per heavy atom. The highest BCUT2D eigenvalue weighted by Crippen LogP contribution is 2.27. The van der Waals surface area contributed by atoms with Gasteiger partial charge in [-0.05, 0) is 103 Å². The van der Waals surface area contributed by atoms with Crippen LogP contribution in [0.3, 0.4) is 0 Å². The van der Waals surface area contributed by atoms with Gasteiger partial charge in [-0.3, -0.25) is 94.7 Å². The summed E-state index contributed by atoms with van der Waals surface area (Å²) in [7, 11) is -26.0. The van der Waals surface area contributed by atoms with Gasteiger partial charge in [0, 0.05) is 38.6 Å². The number of carbonyl (C=O) groups excluding carboxylic acids is 14. The number of benzene rings is 5. The molecule has 0 bridgehead atoms. The smallest absolute Gasteiger partial charge is 0.446 e. The highest BCUT2D eigenvalue weighted by Gasteiger charge is 2.43. The monoisotopic (exact) mass is 2050 g/mol. The number of methoxy groups -OCH3 is 1. The van der Waals surface area contributed by atoms with Crippen molar-refractivity contribution in [3.05, 3.63) is 150 Å². The van der Waals surface area contributed by atoms with Crippen LogP contribution < -0.4 is 81.5 Å². The molecule has 55 nitrogen and oxygen atoms in total. The van der Waals surface area contributed by atoms with E-state index in [0.717, 1.165) is 84.8 Å². The van der Waals surface area contributed by atoms with Gasteiger partial charge in [0.15, 0.2) is 6.61 Å². The fraction of sp³-hybridized carbons (Fsp3) is 0.397. The van der Waals surface area contributed by atoms with Crippen LogP contribution in [0.25, 0.3) is 0 Å². The van der Waals surface area contributed by atoms with E-state index < -0.39 is 307 Å². The van der Waals surface area contributed by atoms with Gasteiger partial charge in [0.2, 0.25) is 65.0 Å². The molecule has 0 spiro atoms. The largest absolute Gasteiger partial charge is 0.482 e. The molecule has 6 rings (SSSR count). The van der Waals surface area contributed by atoms with Gasteiger partial charge in [-0.2, -0.15) is 42.1 Å². The number of carboxylic acid groups (broad SMARTS) is 3. The summed E-state index contributed by atoms with van der Waals surface area (Å²) >= 11 is 0. The van der Waals surface area contributed by atoms with Crippen molar-refractivity contribution in [3.8, 4) is 23.0 Å². The van der Waals surface area contributed by atoms with Gasteiger partial charge < -0.3 is 106 Å². The zero-order valence-corrected chi connectivity index (χ0v) is 76.6. The molecule has 13 atom stereocenters. The van der Waals surface area contributed by atoms with Gasteiger partial charge in [0.25, 0.3) is 5.91 Å². The maximum Gasteiger partial charge on any atom is 0.446 e. The Kier molecular flexibility index (Phi) is 41.6. The van der Waals surface area contributed by atoms with Crippen molar-refractivity contribution in [1.29, 1.82) is 0 Å². The van der Waals surface area contributed by atoms with Crippen LogP contribution in [0.15, 0.2) is 127 Å². The second-order valence-corrected chi connectivity index (χ2v) is 35.3. The Labute approximate surface area is 784 Å². The van der Waals surface area contributed by atoms with E-state index in [1.54, 1.807) is 41.0 Å². The lowest BCUT2D eigenvalue weighted by atomic mass is 9.96. The molecule has 0 unspecified atom stereocenters. The second-order valence-electron chi connectivity index (χ2n) is 30.1. The SMILES string of the molecule is CC[C@H](C)[C@H](NC(=O)[C@H](CC(=O)O)NC(=O)[C@H](Cc1ccc(OS(=O)(=O)O)cc1)NC(=O)COc1ccccc1NC(=O)[C@@H](Cc1ccccc1)NC(=O)[C@@H]1CCCN1C(=O)C(=O)OC)C(=O)N[C@@H](CC(N)=O)C(=O)N[C@@H](Cc1ccc(OS(=O)(=O)O)cc1)C(=O)N[C@@H](Cc1ccc(OS(=O)(=O)O)cc1)C(=O)N[C@H](C(=O)N[C@@H](COS(=O)(=O)O)C(=O)N[C@@H](CCC(=O)O)C(=O)O)[C@@H](C)OS(=O)(=O)O. The van der Waals surface area contributed by atoms with Crippen LogP contribution in [0.4, 0.5) is 5.69 Å². The van der Waals surface area contributed by atoms with Gasteiger partial charge in [-0.1, -0.05) is 99.1 Å². The highest BCUT2D eigenvalue weighted by molar-refractivity contribution is 7.82. The lowest BCUT2D eigenvalue weighted by Gasteiger charge is -2.30. The number of carbonyl (C=O) groups is 17. The first-order chi connectivity index (χ1) is 64.3. The summed E-state index contributed by atoms with van der Waals surface area (Å²) < 4.78 is 198. The summed E-state index contributed by atoms with van der Waals surface area (Å²) in [6.07, 6.45) is -9.17. The highest BCUT2D eigenvalue weighted by atomic mass is 32.3. The number of hydrogen-bond acceptors (Lipinski definition) is 34. The minimum absolute atomic E-state index is 0.0111. The van der Waals surface area contributed by atoms with E-state index in [-0.39, 0.29) is 53.9 Å². The topological polar surface area (TPSA) is 849 Å². The Morgan fingerprint density at radius 1 is 0.442 bits per heavy atom. The van der Waals surface area contributed by atoms with Gasteiger partial charge in [-0.25, -0.2) is 18.0 Å². The predicted octanol–water partition coefficient (Wildman–Crippen LogP) is -5.10. The number of anilines is 1. The molecule has 60 heteroatoms. The Hall–Kier alpha value is -14.2. The summed E-state index contributed by atoms with van der Waals surface area (Å²) in [6, 6.07) is 2.29. The number of esters is 1. The van der Waals surface area contributed by atoms with Gasteiger partial charge in [0.05, 0.1) is 32.2 Å². The normalized spacial score (nSPS) is 15.3. The van der Waals surface area contributed by atoms with Crippen molar-refractivity contribution in [2.45, 2.75) is 164 Å². The number of carboxylic acids is 3. The zero-order chi connectivity index (χ0) is 103. The molecule has 1 heterocycles. The first-order valence-electron chi connectivity index (χ1n) is 40.3. The summed E-state index contributed by atoms with van der Waals surface area (Å²) in [5, 5.41) is 53.3. The number of ether oxygens (including phenoxy) is 2. The second kappa shape index (κ2) is 51.1. The summed E-state index contributed by atoms with van der Waals surface area (Å²) in [5.74, 6) is -27.8. The first kappa shape index (κ1) is 112. The predicted molar refractivity (Wildman–Crippen MR) is 463 cm³/mol. The minimum atomic E-state index is -5.77. The number of nitrogens with two attached hydrogens (primary N) is 1. The number of para-hydroxylation sites is 2.